The molecule has 0 aliphatic rings. The largest absolute Gasteiger partial charge is 0.413 e. The van der Waals surface area contributed by atoms with Crippen LogP contribution in [0.25, 0.3) is 0 Å². The van der Waals surface area contributed by atoms with E-state index in [1.54, 1.807) is 6.92 Å². The molecule has 0 amide bonds. The molecule has 1 rings (SSSR count). The molecule has 1 aromatic rings. The average Bonchev–Trinajstić information content (AvgIpc) is 2.49. The number of alkyl halides is 3. The summed E-state index contributed by atoms with van der Waals surface area (Å²) in [6.45, 7) is 2.42. The SMILES string of the molecule is Cc1ccc(C(C)NOCC(F)(F)F)s1. The summed E-state index contributed by atoms with van der Waals surface area (Å²) < 4.78 is 35.3. The summed E-state index contributed by atoms with van der Waals surface area (Å²) in [7, 11) is 0. The standard InChI is InChI=1S/C9H12F3NOS/c1-6-3-4-8(15-6)7(2)13-14-5-9(10,11)12/h3-4,7,13H,5H2,1-2H3. The zero-order chi connectivity index (χ0) is 11.5. The van der Waals surface area contributed by atoms with Crippen LogP contribution < -0.4 is 5.48 Å². The number of hydrogen-bond acceptors (Lipinski definition) is 3. The molecule has 1 atom stereocenters. The molecule has 0 saturated heterocycles. The van der Waals surface area contributed by atoms with Gasteiger partial charge in [0.2, 0.25) is 0 Å². The molecule has 6 heteroatoms. The maximum absolute atomic E-state index is 11.8. The Morgan fingerprint density at radius 3 is 2.60 bits per heavy atom. The quantitative estimate of drug-likeness (QED) is 0.815. The molecular formula is C9H12F3NOS. The van der Waals surface area contributed by atoms with Crippen molar-refractivity contribution in [2.75, 3.05) is 6.61 Å². The minimum absolute atomic E-state index is 0.231. The molecule has 0 saturated carbocycles. The Morgan fingerprint density at radius 2 is 2.13 bits per heavy atom. The third-order valence-corrected chi connectivity index (χ3v) is 2.87. The zero-order valence-corrected chi connectivity index (χ0v) is 9.21. The highest BCUT2D eigenvalue weighted by molar-refractivity contribution is 7.12. The first-order valence-corrected chi connectivity index (χ1v) is 5.20. The molecule has 86 valence electrons. The van der Waals surface area contributed by atoms with Crippen molar-refractivity contribution in [3.63, 3.8) is 0 Å². The van der Waals surface area contributed by atoms with Gasteiger partial charge in [-0.25, -0.2) is 0 Å². The lowest BCUT2D eigenvalue weighted by atomic mass is 10.3. The van der Waals surface area contributed by atoms with Crippen molar-refractivity contribution in [2.45, 2.75) is 26.1 Å². The molecule has 0 bridgehead atoms. The summed E-state index contributed by atoms with van der Waals surface area (Å²) in [5.74, 6) is 0. The summed E-state index contributed by atoms with van der Waals surface area (Å²) in [6.07, 6.45) is -4.29. The Balaban J connectivity index is 2.34. The topological polar surface area (TPSA) is 21.3 Å². The Bertz CT molecular complexity index is 311. The second-order valence-electron chi connectivity index (χ2n) is 3.19. The van der Waals surface area contributed by atoms with Gasteiger partial charge in [0.05, 0.1) is 6.04 Å². The minimum Gasteiger partial charge on any atom is -0.292 e. The van der Waals surface area contributed by atoms with Gasteiger partial charge in [0.15, 0.2) is 6.61 Å². The molecule has 1 aromatic heterocycles. The van der Waals surface area contributed by atoms with Crippen molar-refractivity contribution in [3.8, 4) is 0 Å². The van der Waals surface area contributed by atoms with Crippen LogP contribution in [-0.4, -0.2) is 12.8 Å². The van der Waals surface area contributed by atoms with Gasteiger partial charge < -0.3 is 0 Å². The van der Waals surface area contributed by atoms with E-state index in [-0.39, 0.29) is 6.04 Å². The highest BCUT2D eigenvalue weighted by Gasteiger charge is 2.28. The molecule has 2 nitrogen and oxygen atoms in total. The van der Waals surface area contributed by atoms with Crippen LogP contribution in [0.2, 0.25) is 0 Å². The lowest BCUT2D eigenvalue weighted by Crippen LogP contribution is -2.26. The van der Waals surface area contributed by atoms with Crippen molar-refractivity contribution < 1.29 is 18.0 Å². The number of halogens is 3. The van der Waals surface area contributed by atoms with Gasteiger partial charge in [-0.05, 0) is 26.0 Å². The maximum atomic E-state index is 11.8. The fraction of sp³-hybridized carbons (Fsp3) is 0.556. The number of hydroxylamine groups is 1. The van der Waals surface area contributed by atoms with Gasteiger partial charge in [0.25, 0.3) is 0 Å². The Hall–Kier alpha value is -0.590. The minimum atomic E-state index is -4.29. The third-order valence-electron chi connectivity index (χ3n) is 1.68. The highest BCUT2D eigenvalue weighted by atomic mass is 32.1. The summed E-state index contributed by atoms with van der Waals surface area (Å²) in [6, 6.07) is 3.56. The van der Waals surface area contributed by atoms with Gasteiger partial charge in [-0.2, -0.15) is 18.7 Å². The number of rotatable bonds is 4. The first-order valence-electron chi connectivity index (χ1n) is 4.39. The Labute approximate surface area is 90.0 Å². The second-order valence-corrected chi connectivity index (χ2v) is 4.51. The number of aryl methyl sites for hydroxylation is 1. The van der Waals surface area contributed by atoms with E-state index in [1.165, 1.54) is 11.3 Å². The summed E-state index contributed by atoms with van der Waals surface area (Å²) in [5.41, 5.74) is 2.36. The number of hydrogen-bond donors (Lipinski definition) is 1. The van der Waals surface area contributed by atoms with Gasteiger partial charge >= 0.3 is 6.18 Å². The lowest BCUT2D eigenvalue weighted by Gasteiger charge is -2.13. The van der Waals surface area contributed by atoms with E-state index in [4.69, 9.17) is 0 Å². The molecule has 1 unspecified atom stereocenters. The van der Waals surface area contributed by atoms with Crippen LogP contribution >= 0.6 is 11.3 Å². The van der Waals surface area contributed by atoms with Crippen LogP contribution in [-0.2, 0) is 4.84 Å². The number of nitrogens with one attached hydrogen (secondary N) is 1. The van der Waals surface area contributed by atoms with Crippen LogP contribution in [0.4, 0.5) is 13.2 Å². The van der Waals surface area contributed by atoms with Gasteiger partial charge in [-0.15, -0.1) is 11.3 Å². The molecule has 15 heavy (non-hydrogen) atoms. The van der Waals surface area contributed by atoms with E-state index >= 15 is 0 Å². The normalized spacial score (nSPS) is 14.2. The molecule has 0 radical (unpaired) electrons. The monoisotopic (exact) mass is 239 g/mol. The third kappa shape index (κ3) is 4.63. The summed E-state index contributed by atoms with van der Waals surface area (Å²) in [4.78, 5) is 6.43. The van der Waals surface area contributed by atoms with E-state index in [1.807, 2.05) is 19.1 Å². The second kappa shape index (κ2) is 4.96. The van der Waals surface area contributed by atoms with Crippen LogP contribution in [0.1, 0.15) is 22.7 Å². The van der Waals surface area contributed by atoms with Crippen molar-refractivity contribution in [1.82, 2.24) is 5.48 Å². The van der Waals surface area contributed by atoms with Crippen molar-refractivity contribution in [3.05, 3.63) is 21.9 Å². The van der Waals surface area contributed by atoms with Crippen molar-refractivity contribution >= 4 is 11.3 Å². The van der Waals surface area contributed by atoms with Crippen molar-refractivity contribution in [1.29, 1.82) is 0 Å². The van der Waals surface area contributed by atoms with E-state index < -0.39 is 12.8 Å². The van der Waals surface area contributed by atoms with Crippen LogP contribution in [0.3, 0.4) is 0 Å². The lowest BCUT2D eigenvalue weighted by molar-refractivity contribution is -0.192. The van der Waals surface area contributed by atoms with Crippen LogP contribution in [0, 0.1) is 6.92 Å². The predicted molar refractivity (Wildman–Crippen MR) is 52.6 cm³/mol. The first-order chi connectivity index (χ1) is 6.88. The fourth-order valence-electron chi connectivity index (χ4n) is 0.993. The van der Waals surface area contributed by atoms with Gasteiger partial charge in [0, 0.05) is 9.75 Å². The molecule has 0 spiro atoms. The zero-order valence-electron chi connectivity index (χ0n) is 8.39. The molecule has 1 heterocycles. The Kier molecular flexibility index (Phi) is 4.12. The van der Waals surface area contributed by atoms with Crippen LogP contribution in [0.15, 0.2) is 12.1 Å². The number of thiophene rings is 1. The average molecular weight is 239 g/mol. The van der Waals surface area contributed by atoms with Crippen LogP contribution in [0.5, 0.6) is 0 Å². The van der Waals surface area contributed by atoms with Gasteiger partial charge in [-0.1, -0.05) is 0 Å². The van der Waals surface area contributed by atoms with Gasteiger partial charge in [0.1, 0.15) is 0 Å². The van der Waals surface area contributed by atoms with E-state index in [0.717, 1.165) is 9.75 Å². The van der Waals surface area contributed by atoms with E-state index in [0.29, 0.717) is 0 Å². The van der Waals surface area contributed by atoms with E-state index in [2.05, 4.69) is 10.3 Å². The highest BCUT2D eigenvalue weighted by Crippen LogP contribution is 2.22. The molecule has 0 aliphatic carbocycles. The molecule has 0 fully saturated rings. The first kappa shape index (κ1) is 12.5. The molecule has 1 N–H and O–H groups in total. The van der Waals surface area contributed by atoms with Crippen molar-refractivity contribution in [2.24, 2.45) is 0 Å². The van der Waals surface area contributed by atoms with E-state index in [9.17, 15) is 13.2 Å². The molecule has 0 aliphatic heterocycles. The fourth-order valence-corrected chi connectivity index (χ4v) is 1.86. The summed E-state index contributed by atoms with van der Waals surface area (Å²) >= 11 is 1.53. The molecule has 0 aromatic carbocycles. The smallest absolute Gasteiger partial charge is 0.292 e. The summed E-state index contributed by atoms with van der Waals surface area (Å²) in [5, 5.41) is 0. The Morgan fingerprint density at radius 1 is 1.47 bits per heavy atom. The predicted octanol–water partition coefficient (Wildman–Crippen LogP) is 3.20. The maximum Gasteiger partial charge on any atom is 0.413 e. The van der Waals surface area contributed by atoms with Gasteiger partial charge in [-0.3, -0.25) is 4.84 Å². The molecular weight excluding hydrogens is 227 g/mol.